The first-order valence-electron chi connectivity index (χ1n) is 15.2. The van der Waals surface area contributed by atoms with Crippen LogP contribution in [0.15, 0.2) is 146 Å². The van der Waals surface area contributed by atoms with Crippen LogP contribution in [0, 0.1) is 0 Å². The predicted octanol–water partition coefficient (Wildman–Crippen LogP) is 11.9. The molecule has 9 rings (SSSR count). The summed E-state index contributed by atoms with van der Waals surface area (Å²) in [7, 11) is 0. The van der Waals surface area contributed by atoms with Gasteiger partial charge < -0.3 is 0 Å². The van der Waals surface area contributed by atoms with Gasteiger partial charge in [-0.15, -0.1) is 0 Å². The number of rotatable bonds is 2. The SMILES string of the molecule is CC1(C)c2cc(-c3ccc(-c4cccc5ccccc45)cc3)ccc2-c2cc3c4ccccc4c4ccccc4c3cc21. The van der Waals surface area contributed by atoms with E-state index in [1.165, 1.54) is 87.6 Å². The fraction of sp³-hybridized carbons (Fsp3) is 0.0698. The highest BCUT2D eigenvalue weighted by Crippen LogP contribution is 2.52. The van der Waals surface area contributed by atoms with Crippen LogP contribution in [0.3, 0.4) is 0 Å². The molecule has 0 amide bonds. The molecule has 0 atom stereocenters. The summed E-state index contributed by atoms with van der Waals surface area (Å²) in [6.07, 6.45) is 0. The van der Waals surface area contributed by atoms with Crippen LogP contribution >= 0.6 is 0 Å². The Labute approximate surface area is 251 Å². The lowest BCUT2D eigenvalue weighted by atomic mass is 9.80. The second-order valence-electron chi connectivity index (χ2n) is 12.5. The maximum absolute atomic E-state index is 2.48. The van der Waals surface area contributed by atoms with Gasteiger partial charge in [-0.2, -0.15) is 0 Å². The van der Waals surface area contributed by atoms with E-state index in [0.717, 1.165) is 0 Å². The van der Waals surface area contributed by atoms with Crippen molar-refractivity contribution in [1.82, 2.24) is 0 Å². The van der Waals surface area contributed by atoms with Gasteiger partial charge in [-0.25, -0.2) is 0 Å². The Hall–Kier alpha value is -5.20. The van der Waals surface area contributed by atoms with E-state index in [1.807, 2.05) is 0 Å². The molecule has 0 saturated heterocycles. The van der Waals surface area contributed by atoms with Gasteiger partial charge in [0.2, 0.25) is 0 Å². The van der Waals surface area contributed by atoms with E-state index < -0.39 is 0 Å². The summed E-state index contributed by atoms with van der Waals surface area (Å²) in [6.45, 7) is 4.78. The lowest BCUT2D eigenvalue weighted by molar-refractivity contribution is 0.661. The minimum atomic E-state index is -0.0927. The highest BCUT2D eigenvalue weighted by molar-refractivity contribution is 6.26. The molecule has 0 nitrogen and oxygen atoms in total. The van der Waals surface area contributed by atoms with Crippen LogP contribution in [-0.2, 0) is 5.41 Å². The van der Waals surface area contributed by atoms with Crippen molar-refractivity contribution in [2.75, 3.05) is 0 Å². The molecule has 0 saturated carbocycles. The van der Waals surface area contributed by atoms with E-state index in [0.29, 0.717) is 0 Å². The quantitative estimate of drug-likeness (QED) is 0.189. The molecular weight excluding hydrogens is 516 g/mol. The molecule has 0 spiro atoms. The molecule has 0 unspecified atom stereocenters. The van der Waals surface area contributed by atoms with Crippen molar-refractivity contribution in [3.63, 3.8) is 0 Å². The van der Waals surface area contributed by atoms with Gasteiger partial charge in [0, 0.05) is 5.41 Å². The van der Waals surface area contributed by atoms with Crippen molar-refractivity contribution in [2.45, 2.75) is 19.3 Å². The van der Waals surface area contributed by atoms with Gasteiger partial charge in [0.1, 0.15) is 0 Å². The molecule has 0 heteroatoms. The third-order valence-corrected chi connectivity index (χ3v) is 9.86. The Morgan fingerprint density at radius 1 is 0.326 bits per heavy atom. The van der Waals surface area contributed by atoms with Gasteiger partial charge in [-0.05, 0) is 106 Å². The molecule has 0 bridgehead atoms. The van der Waals surface area contributed by atoms with E-state index in [9.17, 15) is 0 Å². The van der Waals surface area contributed by atoms with Crippen LogP contribution in [0.1, 0.15) is 25.0 Å². The molecular formula is C43H30. The number of hydrogen-bond donors (Lipinski definition) is 0. The number of fused-ring (bicyclic) bond motifs is 10. The third-order valence-electron chi connectivity index (χ3n) is 9.86. The lowest BCUT2D eigenvalue weighted by Crippen LogP contribution is -2.15. The normalized spacial score (nSPS) is 13.5. The lowest BCUT2D eigenvalue weighted by Gasteiger charge is -2.23. The summed E-state index contributed by atoms with van der Waals surface area (Å²) in [4.78, 5) is 0. The Morgan fingerprint density at radius 2 is 0.837 bits per heavy atom. The molecule has 0 heterocycles. The summed E-state index contributed by atoms with van der Waals surface area (Å²) in [5, 5.41) is 10.6. The number of benzene rings is 8. The van der Waals surface area contributed by atoms with Crippen LogP contribution in [0.2, 0.25) is 0 Å². The van der Waals surface area contributed by atoms with Crippen molar-refractivity contribution in [2.24, 2.45) is 0 Å². The average Bonchev–Trinajstić information content (AvgIpc) is 3.29. The standard InChI is InChI=1S/C43H30/c1-43(2)41-24-30(27-18-20-29(21-19-27)32-17-9-11-28-10-3-4-12-31(28)32)22-23-37(41)40-25-38-35-15-7-5-13-33(35)34-14-6-8-16-36(34)39(38)26-42(40)43/h3-26H,1-2H3. The Kier molecular flexibility index (Phi) is 5.05. The van der Waals surface area contributed by atoms with E-state index in [2.05, 4.69) is 159 Å². The first-order chi connectivity index (χ1) is 21.1. The van der Waals surface area contributed by atoms with Crippen molar-refractivity contribution >= 4 is 43.1 Å². The fourth-order valence-corrected chi connectivity index (χ4v) is 7.63. The predicted molar refractivity (Wildman–Crippen MR) is 185 cm³/mol. The van der Waals surface area contributed by atoms with Gasteiger partial charge >= 0.3 is 0 Å². The Bertz CT molecular complexity index is 2400. The van der Waals surface area contributed by atoms with Gasteiger partial charge in [0.25, 0.3) is 0 Å². The summed E-state index contributed by atoms with van der Waals surface area (Å²) in [6, 6.07) is 54.1. The highest BCUT2D eigenvalue weighted by Gasteiger charge is 2.36. The average molecular weight is 547 g/mol. The van der Waals surface area contributed by atoms with Crippen LogP contribution < -0.4 is 0 Å². The topological polar surface area (TPSA) is 0 Å². The van der Waals surface area contributed by atoms with Crippen molar-refractivity contribution in [1.29, 1.82) is 0 Å². The van der Waals surface area contributed by atoms with Gasteiger partial charge in [-0.3, -0.25) is 0 Å². The molecule has 43 heavy (non-hydrogen) atoms. The molecule has 0 N–H and O–H groups in total. The fourth-order valence-electron chi connectivity index (χ4n) is 7.63. The van der Waals surface area contributed by atoms with Gasteiger partial charge in [-0.1, -0.05) is 141 Å². The van der Waals surface area contributed by atoms with Crippen LogP contribution in [-0.4, -0.2) is 0 Å². The van der Waals surface area contributed by atoms with Crippen LogP contribution in [0.25, 0.3) is 76.5 Å². The van der Waals surface area contributed by atoms with Gasteiger partial charge in [0.05, 0.1) is 0 Å². The van der Waals surface area contributed by atoms with Crippen molar-refractivity contribution in [3.8, 4) is 33.4 Å². The highest BCUT2D eigenvalue weighted by atomic mass is 14.4. The zero-order chi connectivity index (χ0) is 28.7. The molecule has 0 aliphatic heterocycles. The van der Waals surface area contributed by atoms with Crippen molar-refractivity contribution < 1.29 is 0 Å². The Morgan fingerprint density at radius 3 is 1.53 bits per heavy atom. The summed E-state index contributed by atoms with van der Waals surface area (Å²) in [5.41, 5.74) is 10.5. The summed E-state index contributed by atoms with van der Waals surface area (Å²) in [5.74, 6) is 0. The zero-order valence-corrected chi connectivity index (χ0v) is 24.4. The molecule has 8 aromatic rings. The van der Waals surface area contributed by atoms with E-state index >= 15 is 0 Å². The molecule has 1 aliphatic carbocycles. The maximum Gasteiger partial charge on any atom is 0.0159 e. The van der Waals surface area contributed by atoms with Crippen LogP contribution in [0.5, 0.6) is 0 Å². The minimum absolute atomic E-state index is 0.0927. The molecule has 202 valence electrons. The molecule has 0 aromatic heterocycles. The summed E-state index contributed by atoms with van der Waals surface area (Å²) < 4.78 is 0. The summed E-state index contributed by atoms with van der Waals surface area (Å²) >= 11 is 0. The largest absolute Gasteiger partial charge is 0.0616 e. The first-order valence-corrected chi connectivity index (χ1v) is 15.2. The van der Waals surface area contributed by atoms with Crippen molar-refractivity contribution in [3.05, 3.63) is 157 Å². The Balaban J connectivity index is 1.18. The minimum Gasteiger partial charge on any atom is -0.0616 e. The molecule has 0 radical (unpaired) electrons. The maximum atomic E-state index is 2.48. The third kappa shape index (κ3) is 3.50. The monoisotopic (exact) mass is 546 g/mol. The van der Waals surface area contributed by atoms with E-state index in [1.54, 1.807) is 0 Å². The van der Waals surface area contributed by atoms with E-state index in [4.69, 9.17) is 0 Å². The second kappa shape index (κ2) is 8.90. The van der Waals surface area contributed by atoms with Crippen LogP contribution in [0.4, 0.5) is 0 Å². The molecule has 0 fully saturated rings. The smallest absolute Gasteiger partial charge is 0.0159 e. The first kappa shape index (κ1) is 24.4. The second-order valence-corrected chi connectivity index (χ2v) is 12.5. The number of hydrogen-bond acceptors (Lipinski definition) is 0. The van der Waals surface area contributed by atoms with Gasteiger partial charge in [0.15, 0.2) is 0 Å². The zero-order valence-electron chi connectivity index (χ0n) is 24.4. The molecule has 8 aromatic carbocycles. The molecule has 1 aliphatic rings. The van der Waals surface area contributed by atoms with E-state index in [-0.39, 0.29) is 5.41 Å².